The average Bonchev–Trinajstić information content (AvgIpc) is 3.55. The van der Waals surface area contributed by atoms with Crippen molar-refractivity contribution in [1.82, 2.24) is 15.1 Å². The van der Waals surface area contributed by atoms with Crippen LogP contribution in [0.15, 0.2) is 30.4 Å². The predicted octanol–water partition coefficient (Wildman–Crippen LogP) is 4.65. The van der Waals surface area contributed by atoms with Crippen molar-refractivity contribution < 1.29 is 19.1 Å². The molecule has 10 heteroatoms. The van der Waals surface area contributed by atoms with Gasteiger partial charge in [-0.1, -0.05) is 68.5 Å². The van der Waals surface area contributed by atoms with Gasteiger partial charge in [-0.2, -0.15) is 0 Å². The van der Waals surface area contributed by atoms with Crippen molar-refractivity contribution in [3.63, 3.8) is 0 Å². The van der Waals surface area contributed by atoms with Crippen LogP contribution in [-0.4, -0.2) is 77.5 Å². The third-order valence-electron chi connectivity index (χ3n) is 8.74. The van der Waals surface area contributed by atoms with Crippen LogP contribution in [0.25, 0.3) is 0 Å². The molecule has 0 unspecified atom stereocenters. The molecular formula is C30H40Cl2N4O4. The van der Waals surface area contributed by atoms with Crippen molar-refractivity contribution in [1.29, 1.82) is 0 Å². The Balaban J connectivity index is 1.42. The van der Waals surface area contributed by atoms with Gasteiger partial charge < -0.3 is 25.2 Å². The lowest BCUT2D eigenvalue weighted by molar-refractivity contribution is -0.141. The van der Waals surface area contributed by atoms with Crippen LogP contribution >= 0.6 is 23.2 Å². The largest absolute Gasteiger partial charge is 0.359 e. The second-order valence-electron chi connectivity index (χ2n) is 11.6. The number of nitrogens with zero attached hydrogens (tertiary/aromatic N) is 2. The molecule has 1 aromatic rings. The number of fused-ring (bicyclic) bond motifs is 1. The molecule has 5 rings (SSSR count). The van der Waals surface area contributed by atoms with Gasteiger partial charge in [-0.05, 0) is 57.0 Å². The Hall–Kier alpha value is -2.13. The van der Waals surface area contributed by atoms with Gasteiger partial charge in [-0.3, -0.25) is 14.4 Å². The Kier molecular flexibility index (Phi) is 9.10. The molecule has 3 amide bonds. The van der Waals surface area contributed by atoms with Crippen molar-refractivity contribution in [2.45, 2.75) is 82.6 Å². The van der Waals surface area contributed by atoms with E-state index in [-0.39, 0.29) is 23.8 Å². The summed E-state index contributed by atoms with van der Waals surface area (Å²) < 4.78 is 6.47. The number of hydrogen-bond donors (Lipinski definition) is 2. The highest BCUT2D eigenvalue weighted by molar-refractivity contribution is 6.35. The van der Waals surface area contributed by atoms with Crippen LogP contribution in [0, 0.1) is 11.8 Å². The van der Waals surface area contributed by atoms with Crippen molar-refractivity contribution in [2.24, 2.45) is 11.8 Å². The molecule has 1 aromatic carbocycles. The number of carbonyl (C=O) groups excluding carboxylic acids is 3. The lowest BCUT2D eigenvalue weighted by Gasteiger charge is -2.35. The SMILES string of the molecule is CCCN(CCC)CCN1C(=O)[C@@H]2[C@H](C(=O)Nc3cc(Cl)cc(Cl)c3)[C@@H]3C=C[C@@]2(O3)[C@H]1C(=O)NC1CCCCC1. The summed E-state index contributed by atoms with van der Waals surface area (Å²) in [5, 5.41) is 6.93. The highest BCUT2D eigenvalue weighted by Gasteiger charge is 2.72. The zero-order valence-corrected chi connectivity index (χ0v) is 24.8. The van der Waals surface area contributed by atoms with Crippen LogP contribution in [0.2, 0.25) is 10.0 Å². The quantitative estimate of drug-likeness (QED) is 0.366. The van der Waals surface area contributed by atoms with E-state index in [1.54, 1.807) is 23.1 Å². The van der Waals surface area contributed by atoms with Crippen LogP contribution in [0.1, 0.15) is 58.8 Å². The summed E-state index contributed by atoms with van der Waals surface area (Å²) in [7, 11) is 0. The molecule has 3 fully saturated rings. The Morgan fingerprint density at radius 2 is 1.70 bits per heavy atom. The highest BCUT2D eigenvalue weighted by Crippen LogP contribution is 2.55. The Morgan fingerprint density at radius 3 is 2.35 bits per heavy atom. The second kappa shape index (κ2) is 12.4. The van der Waals surface area contributed by atoms with E-state index in [2.05, 4.69) is 29.4 Å². The van der Waals surface area contributed by atoms with E-state index in [1.807, 2.05) is 12.2 Å². The molecule has 218 valence electrons. The molecule has 5 atom stereocenters. The Morgan fingerprint density at radius 1 is 1.02 bits per heavy atom. The number of ether oxygens (including phenoxy) is 1. The summed E-state index contributed by atoms with van der Waals surface area (Å²) in [4.78, 5) is 45.8. The maximum absolute atomic E-state index is 14.2. The zero-order chi connectivity index (χ0) is 28.4. The van der Waals surface area contributed by atoms with Gasteiger partial charge in [0.2, 0.25) is 17.7 Å². The number of halogens is 2. The van der Waals surface area contributed by atoms with Gasteiger partial charge in [0.05, 0.1) is 17.9 Å². The summed E-state index contributed by atoms with van der Waals surface area (Å²) >= 11 is 12.3. The number of carbonyl (C=O) groups is 3. The summed E-state index contributed by atoms with van der Waals surface area (Å²) in [6.07, 6.45) is 10.4. The van der Waals surface area contributed by atoms with Gasteiger partial charge in [0.25, 0.3) is 0 Å². The lowest BCUT2D eigenvalue weighted by Crippen LogP contribution is -2.57. The van der Waals surface area contributed by atoms with E-state index in [4.69, 9.17) is 27.9 Å². The minimum Gasteiger partial charge on any atom is -0.359 e. The van der Waals surface area contributed by atoms with E-state index in [0.29, 0.717) is 28.8 Å². The van der Waals surface area contributed by atoms with E-state index in [0.717, 1.165) is 51.6 Å². The first-order valence-electron chi connectivity index (χ1n) is 14.7. The van der Waals surface area contributed by atoms with Crippen molar-refractivity contribution in [3.8, 4) is 0 Å². The van der Waals surface area contributed by atoms with Crippen LogP contribution in [0.4, 0.5) is 5.69 Å². The molecular weight excluding hydrogens is 551 g/mol. The monoisotopic (exact) mass is 590 g/mol. The number of rotatable bonds is 11. The van der Waals surface area contributed by atoms with Crippen LogP contribution in [-0.2, 0) is 19.1 Å². The average molecular weight is 592 g/mol. The number of likely N-dealkylation sites (tertiary alicyclic amines) is 1. The third kappa shape index (κ3) is 5.65. The Labute approximate surface area is 246 Å². The molecule has 0 radical (unpaired) electrons. The minimum absolute atomic E-state index is 0.0968. The second-order valence-corrected chi connectivity index (χ2v) is 12.4. The summed E-state index contributed by atoms with van der Waals surface area (Å²) in [6, 6.07) is 4.09. The molecule has 2 saturated heterocycles. The number of nitrogens with one attached hydrogen (secondary N) is 2. The van der Waals surface area contributed by atoms with Gasteiger partial charge in [-0.25, -0.2) is 0 Å². The molecule has 0 aromatic heterocycles. The smallest absolute Gasteiger partial charge is 0.246 e. The molecule has 2 bridgehead atoms. The third-order valence-corrected chi connectivity index (χ3v) is 9.18. The number of hydrogen-bond acceptors (Lipinski definition) is 5. The lowest BCUT2D eigenvalue weighted by atomic mass is 9.74. The number of anilines is 1. The molecule has 1 aliphatic carbocycles. The molecule has 8 nitrogen and oxygen atoms in total. The van der Waals surface area contributed by atoms with Gasteiger partial charge in [0, 0.05) is 34.9 Å². The van der Waals surface area contributed by atoms with Crippen LogP contribution < -0.4 is 10.6 Å². The van der Waals surface area contributed by atoms with Gasteiger partial charge in [-0.15, -0.1) is 0 Å². The standard InChI is InChI=1S/C30H40Cl2N4O4/c1-3-12-35(13-4-2)14-15-36-26(28(38)33-21-8-6-5-7-9-21)30-11-10-23(40-30)24(25(30)29(36)39)27(37)34-22-17-19(31)16-20(32)18-22/h10-11,16-18,21,23-26H,3-9,12-15H2,1-2H3,(H,33,38)(H,34,37)/t23-,24+,25-,26+,30-/m0/s1. The summed E-state index contributed by atoms with van der Waals surface area (Å²) in [6.45, 7) is 7.20. The first-order valence-corrected chi connectivity index (χ1v) is 15.5. The topological polar surface area (TPSA) is 91.0 Å². The molecule has 3 aliphatic heterocycles. The molecule has 1 spiro atoms. The fraction of sp³-hybridized carbons (Fsp3) is 0.633. The van der Waals surface area contributed by atoms with Crippen LogP contribution in [0.5, 0.6) is 0 Å². The first-order chi connectivity index (χ1) is 19.3. The molecule has 2 N–H and O–H groups in total. The fourth-order valence-corrected chi connectivity index (χ4v) is 7.63. The van der Waals surface area contributed by atoms with Gasteiger partial charge in [0.1, 0.15) is 11.6 Å². The van der Waals surface area contributed by atoms with Gasteiger partial charge in [0.15, 0.2) is 0 Å². The van der Waals surface area contributed by atoms with Crippen molar-refractivity contribution in [3.05, 3.63) is 40.4 Å². The molecule has 4 aliphatic rings. The summed E-state index contributed by atoms with van der Waals surface area (Å²) in [5.41, 5.74) is -0.721. The summed E-state index contributed by atoms with van der Waals surface area (Å²) in [5.74, 6) is -2.29. The van der Waals surface area contributed by atoms with E-state index in [9.17, 15) is 14.4 Å². The maximum Gasteiger partial charge on any atom is 0.246 e. The normalized spacial score (nSPS) is 29.3. The van der Waals surface area contributed by atoms with Crippen molar-refractivity contribution in [2.75, 3.05) is 31.5 Å². The predicted molar refractivity (Wildman–Crippen MR) is 156 cm³/mol. The molecule has 3 heterocycles. The Bertz CT molecular complexity index is 1130. The zero-order valence-electron chi connectivity index (χ0n) is 23.3. The number of benzene rings is 1. The fourth-order valence-electron chi connectivity index (χ4n) is 7.10. The maximum atomic E-state index is 14.2. The van der Waals surface area contributed by atoms with E-state index in [1.165, 1.54) is 6.42 Å². The highest BCUT2D eigenvalue weighted by atomic mass is 35.5. The minimum atomic E-state index is -1.17. The molecule has 1 saturated carbocycles. The van der Waals surface area contributed by atoms with Crippen LogP contribution in [0.3, 0.4) is 0 Å². The van der Waals surface area contributed by atoms with E-state index >= 15 is 0 Å². The van der Waals surface area contributed by atoms with E-state index < -0.39 is 29.6 Å². The van der Waals surface area contributed by atoms with Crippen molar-refractivity contribution >= 4 is 46.6 Å². The van der Waals surface area contributed by atoms with Gasteiger partial charge >= 0.3 is 0 Å². The molecule has 40 heavy (non-hydrogen) atoms. The first kappa shape index (κ1) is 29.4. The number of amides is 3.